The Labute approximate surface area is 143 Å². The van der Waals surface area contributed by atoms with Crippen molar-refractivity contribution >= 4 is 5.91 Å². The smallest absolute Gasteiger partial charge is 0.238 e. The molecule has 3 rings (SSSR count). The zero-order chi connectivity index (χ0) is 16.8. The number of ether oxygens (including phenoxy) is 1. The van der Waals surface area contributed by atoms with E-state index in [1.807, 2.05) is 18.2 Å². The molecule has 0 aliphatic carbocycles. The number of nitrogens with one attached hydrogen (secondary N) is 3. The van der Waals surface area contributed by atoms with Gasteiger partial charge in [0.2, 0.25) is 5.91 Å². The van der Waals surface area contributed by atoms with Crippen LogP contribution in [0.1, 0.15) is 31.5 Å². The van der Waals surface area contributed by atoms with Crippen molar-refractivity contribution in [1.82, 2.24) is 26.1 Å². The molecule has 0 radical (unpaired) electrons. The van der Waals surface area contributed by atoms with Crippen LogP contribution in [0, 0.1) is 0 Å². The van der Waals surface area contributed by atoms with Crippen molar-refractivity contribution in [2.45, 2.75) is 37.9 Å². The molecule has 3 heterocycles. The van der Waals surface area contributed by atoms with Gasteiger partial charge in [-0.2, -0.15) is 0 Å². The van der Waals surface area contributed by atoms with E-state index in [1.54, 1.807) is 6.20 Å². The van der Waals surface area contributed by atoms with E-state index in [-0.39, 0.29) is 18.0 Å². The summed E-state index contributed by atoms with van der Waals surface area (Å²) in [5, 5.41) is 3.10. The third kappa shape index (κ3) is 4.30. The van der Waals surface area contributed by atoms with Gasteiger partial charge in [0.25, 0.3) is 0 Å². The van der Waals surface area contributed by atoms with Crippen LogP contribution < -0.4 is 16.2 Å². The number of hydrogen-bond acceptors (Lipinski definition) is 6. The summed E-state index contributed by atoms with van der Waals surface area (Å²) in [5.74, 6) is 0.0487. The Morgan fingerprint density at radius 1 is 1.42 bits per heavy atom. The molecule has 24 heavy (non-hydrogen) atoms. The van der Waals surface area contributed by atoms with Gasteiger partial charge in [0.15, 0.2) is 0 Å². The second-order valence-corrected chi connectivity index (χ2v) is 6.34. The monoisotopic (exact) mass is 333 g/mol. The Morgan fingerprint density at radius 2 is 2.25 bits per heavy atom. The number of carbonyl (C=O) groups excluding carboxylic acids is 1. The summed E-state index contributed by atoms with van der Waals surface area (Å²) in [6.45, 7) is 6.30. The highest BCUT2D eigenvalue weighted by Gasteiger charge is 2.31. The number of aromatic nitrogens is 1. The fraction of sp³-hybridized carbons (Fsp3) is 0.647. The number of hydrazine groups is 1. The lowest BCUT2D eigenvalue weighted by molar-refractivity contribution is -0.123. The normalized spacial score (nSPS) is 26.2. The molecule has 7 heteroatoms. The second-order valence-electron chi connectivity index (χ2n) is 6.34. The summed E-state index contributed by atoms with van der Waals surface area (Å²) in [4.78, 5) is 19.2. The Kier molecular flexibility index (Phi) is 6.14. The molecule has 1 aromatic rings. The molecular weight excluding hydrogens is 306 g/mol. The van der Waals surface area contributed by atoms with E-state index < -0.39 is 0 Å². The van der Waals surface area contributed by atoms with Crippen molar-refractivity contribution in [3.63, 3.8) is 0 Å². The van der Waals surface area contributed by atoms with Gasteiger partial charge in [-0.05, 0) is 25.0 Å². The lowest BCUT2D eigenvalue weighted by Gasteiger charge is -2.34. The molecule has 3 atom stereocenters. The number of carbonyl (C=O) groups is 1. The van der Waals surface area contributed by atoms with Gasteiger partial charge in [0.05, 0.1) is 24.9 Å². The predicted octanol–water partition coefficient (Wildman–Crippen LogP) is 0.216. The number of morpholine rings is 1. The van der Waals surface area contributed by atoms with Crippen molar-refractivity contribution in [1.29, 1.82) is 0 Å². The van der Waals surface area contributed by atoms with Gasteiger partial charge in [-0.3, -0.25) is 14.7 Å². The SMILES string of the molecule is CCC(CNC(=O)C1CC(c2ccccn2)NN1)N1CCOCC1. The van der Waals surface area contributed by atoms with E-state index in [4.69, 9.17) is 4.74 Å². The van der Waals surface area contributed by atoms with Crippen LogP contribution in [0.15, 0.2) is 24.4 Å². The Hall–Kier alpha value is -1.54. The molecule has 0 aromatic carbocycles. The number of hydrogen-bond donors (Lipinski definition) is 3. The molecule has 1 aromatic heterocycles. The average molecular weight is 333 g/mol. The van der Waals surface area contributed by atoms with Crippen LogP contribution in [0.3, 0.4) is 0 Å². The lowest BCUT2D eigenvalue weighted by Crippen LogP contribution is -2.51. The Balaban J connectivity index is 1.46. The topological polar surface area (TPSA) is 78.5 Å². The summed E-state index contributed by atoms with van der Waals surface area (Å²) < 4.78 is 5.40. The second kappa shape index (κ2) is 8.53. The van der Waals surface area contributed by atoms with Gasteiger partial charge < -0.3 is 10.1 Å². The molecule has 2 aliphatic rings. The number of amides is 1. The fourth-order valence-electron chi connectivity index (χ4n) is 3.32. The van der Waals surface area contributed by atoms with E-state index in [1.165, 1.54) is 0 Å². The van der Waals surface area contributed by atoms with Crippen molar-refractivity contribution < 1.29 is 9.53 Å². The maximum absolute atomic E-state index is 12.4. The summed E-state index contributed by atoms with van der Waals surface area (Å²) >= 11 is 0. The van der Waals surface area contributed by atoms with Gasteiger partial charge >= 0.3 is 0 Å². The highest BCUT2D eigenvalue weighted by molar-refractivity contribution is 5.82. The predicted molar refractivity (Wildman–Crippen MR) is 91.1 cm³/mol. The maximum atomic E-state index is 12.4. The first-order valence-electron chi connectivity index (χ1n) is 8.79. The molecule has 3 N–H and O–H groups in total. The number of rotatable bonds is 6. The molecule has 1 amide bonds. The van der Waals surface area contributed by atoms with Crippen LogP contribution in [-0.4, -0.2) is 60.7 Å². The zero-order valence-corrected chi connectivity index (χ0v) is 14.2. The summed E-state index contributed by atoms with van der Waals surface area (Å²) in [6, 6.07) is 6.06. The van der Waals surface area contributed by atoms with Gasteiger partial charge in [0, 0.05) is 31.9 Å². The van der Waals surface area contributed by atoms with Crippen LogP contribution >= 0.6 is 0 Å². The largest absolute Gasteiger partial charge is 0.379 e. The van der Waals surface area contributed by atoms with Crippen LogP contribution in [0.2, 0.25) is 0 Å². The number of pyridine rings is 1. The first kappa shape index (κ1) is 17.3. The molecule has 0 saturated carbocycles. The van der Waals surface area contributed by atoms with Crippen molar-refractivity contribution in [3.8, 4) is 0 Å². The molecular formula is C17H27N5O2. The van der Waals surface area contributed by atoms with E-state index in [2.05, 4.69) is 33.0 Å². The molecule has 2 saturated heterocycles. The summed E-state index contributed by atoms with van der Waals surface area (Å²) in [7, 11) is 0. The first-order valence-corrected chi connectivity index (χ1v) is 8.79. The van der Waals surface area contributed by atoms with Gasteiger partial charge in [0.1, 0.15) is 6.04 Å². The quantitative estimate of drug-likeness (QED) is 0.691. The van der Waals surface area contributed by atoms with Gasteiger partial charge in [-0.15, -0.1) is 0 Å². The molecule has 2 fully saturated rings. The molecule has 7 nitrogen and oxygen atoms in total. The third-order valence-corrected chi connectivity index (χ3v) is 4.81. The summed E-state index contributed by atoms with van der Waals surface area (Å²) in [5.41, 5.74) is 7.22. The van der Waals surface area contributed by atoms with E-state index in [0.29, 0.717) is 19.0 Å². The minimum Gasteiger partial charge on any atom is -0.379 e. The van der Waals surface area contributed by atoms with Gasteiger partial charge in [-0.1, -0.05) is 13.0 Å². The van der Waals surface area contributed by atoms with Crippen molar-refractivity contribution in [2.24, 2.45) is 0 Å². The fourth-order valence-corrected chi connectivity index (χ4v) is 3.32. The standard InChI is InChI=1S/C17H27N5O2/c1-2-13(22-7-9-24-10-8-22)12-19-17(23)16-11-15(20-21-16)14-5-3-4-6-18-14/h3-6,13,15-16,20-21H,2,7-12H2,1H3,(H,19,23). The molecule has 3 unspecified atom stereocenters. The minimum atomic E-state index is -0.223. The zero-order valence-electron chi connectivity index (χ0n) is 14.2. The van der Waals surface area contributed by atoms with E-state index in [9.17, 15) is 4.79 Å². The first-order chi connectivity index (χ1) is 11.8. The lowest BCUT2D eigenvalue weighted by atomic mass is 10.1. The number of nitrogens with zero attached hydrogens (tertiary/aromatic N) is 2. The van der Waals surface area contributed by atoms with Crippen LogP contribution in [0.25, 0.3) is 0 Å². The average Bonchev–Trinajstić information content (AvgIpc) is 3.14. The Morgan fingerprint density at radius 3 is 2.96 bits per heavy atom. The highest BCUT2D eigenvalue weighted by atomic mass is 16.5. The van der Waals surface area contributed by atoms with Gasteiger partial charge in [-0.25, -0.2) is 10.9 Å². The van der Waals surface area contributed by atoms with E-state index >= 15 is 0 Å². The Bertz CT molecular complexity index is 521. The third-order valence-electron chi connectivity index (χ3n) is 4.81. The van der Waals surface area contributed by atoms with Crippen LogP contribution in [0.4, 0.5) is 0 Å². The summed E-state index contributed by atoms with van der Waals surface area (Å²) in [6.07, 6.45) is 3.50. The molecule has 132 valence electrons. The van der Waals surface area contributed by atoms with Crippen molar-refractivity contribution in [3.05, 3.63) is 30.1 Å². The van der Waals surface area contributed by atoms with E-state index in [0.717, 1.165) is 38.4 Å². The minimum absolute atomic E-state index is 0.0487. The van der Waals surface area contributed by atoms with Crippen LogP contribution in [0.5, 0.6) is 0 Å². The molecule has 0 spiro atoms. The highest BCUT2D eigenvalue weighted by Crippen LogP contribution is 2.20. The molecule has 2 aliphatic heterocycles. The van der Waals surface area contributed by atoms with Crippen LogP contribution in [-0.2, 0) is 9.53 Å². The molecule has 0 bridgehead atoms. The van der Waals surface area contributed by atoms with Crippen molar-refractivity contribution in [2.75, 3.05) is 32.8 Å². The maximum Gasteiger partial charge on any atom is 0.238 e.